The molecular weight excluding hydrogens is 212 g/mol. The summed E-state index contributed by atoms with van der Waals surface area (Å²) in [6.07, 6.45) is 1.17. The SMILES string of the molecule is CC1(C)CC(N2C[C@H]3CNC[C@H]3C2)C(C)(C)O1. The van der Waals surface area contributed by atoms with Crippen LogP contribution >= 0.6 is 0 Å². The van der Waals surface area contributed by atoms with Gasteiger partial charge in [0.1, 0.15) is 0 Å². The summed E-state index contributed by atoms with van der Waals surface area (Å²) in [5, 5.41) is 3.51. The van der Waals surface area contributed by atoms with E-state index >= 15 is 0 Å². The molecule has 0 amide bonds. The molecule has 3 aliphatic heterocycles. The third kappa shape index (κ3) is 2.02. The molecule has 0 bridgehead atoms. The molecule has 1 N–H and O–H groups in total. The molecule has 0 radical (unpaired) electrons. The summed E-state index contributed by atoms with van der Waals surface area (Å²) in [4.78, 5) is 2.70. The second-order valence-electron chi connectivity index (χ2n) is 7.32. The predicted octanol–water partition coefficient (Wildman–Crippen LogP) is 1.48. The van der Waals surface area contributed by atoms with Crippen molar-refractivity contribution < 1.29 is 4.74 Å². The molecule has 17 heavy (non-hydrogen) atoms. The van der Waals surface area contributed by atoms with Crippen LogP contribution in [-0.2, 0) is 4.74 Å². The summed E-state index contributed by atoms with van der Waals surface area (Å²) >= 11 is 0. The largest absolute Gasteiger partial charge is 0.368 e. The molecule has 3 atom stereocenters. The lowest BCUT2D eigenvalue weighted by Crippen LogP contribution is -2.46. The predicted molar refractivity (Wildman–Crippen MR) is 69.1 cm³/mol. The Morgan fingerprint density at radius 3 is 2.12 bits per heavy atom. The third-order valence-electron chi connectivity index (χ3n) is 4.89. The molecule has 3 heteroatoms. The van der Waals surface area contributed by atoms with Crippen LogP contribution in [0.25, 0.3) is 0 Å². The van der Waals surface area contributed by atoms with Crippen molar-refractivity contribution in [2.45, 2.75) is 51.4 Å². The van der Waals surface area contributed by atoms with Crippen LogP contribution in [0.15, 0.2) is 0 Å². The van der Waals surface area contributed by atoms with Gasteiger partial charge >= 0.3 is 0 Å². The van der Waals surface area contributed by atoms with Crippen LogP contribution in [0.4, 0.5) is 0 Å². The van der Waals surface area contributed by atoms with E-state index in [1.54, 1.807) is 0 Å². The van der Waals surface area contributed by atoms with E-state index in [1.165, 1.54) is 32.6 Å². The minimum Gasteiger partial charge on any atom is -0.368 e. The second kappa shape index (κ2) is 3.69. The Morgan fingerprint density at radius 1 is 1.06 bits per heavy atom. The van der Waals surface area contributed by atoms with Crippen LogP contribution in [0, 0.1) is 11.8 Å². The van der Waals surface area contributed by atoms with Gasteiger partial charge in [0.05, 0.1) is 11.2 Å². The molecule has 3 heterocycles. The molecule has 0 aromatic heterocycles. The summed E-state index contributed by atoms with van der Waals surface area (Å²) in [5.74, 6) is 1.77. The fourth-order valence-electron chi connectivity index (χ4n) is 4.25. The van der Waals surface area contributed by atoms with Crippen molar-refractivity contribution >= 4 is 0 Å². The van der Waals surface area contributed by atoms with E-state index in [9.17, 15) is 0 Å². The lowest BCUT2D eigenvalue weighted by atomic mass is 9.93. The third-order valence-corrected chi connectivity index (χ3v) is 4.89. The van der Waals surface area contributed by atoms with Crippen LogP contribution < -0.4 is 5.32 Å². The first kappa shape index (κ1) is 11.9. The average molecular weight is 238 g/mol. The lowest BCUT2D eigenvalue weighted by molar-refractivity contribution is -0.0793. The van der Waals surface area contributed by atoms with E-state index in [-0.39, 0.29) is 11.2 Å². The van der Waals surface area contributed by atoms with Crippen molar-refractivity contribution in [2.24, 2.45) is 11.8 Å². The fourth-order valence-corrected chi connectivity index (χ4v) is 4.25. The minimum absolute atomic E-state index is 0.00949. The molecule has 3 fully saturated rings. The highest BCUT2D eigenvalue weighted by atomic mass is 16.5. The normalized spacial score (nSPS) is 44.1. The maximum absolute atomic E-state index is 6.23. The van der Waals surface area contributed by atoms with Crippen molar-refractivity contribution in [3.8, 4) is 0 Å². The maximum atomic E-state index is 6.23. The molecule has 0 saturated carbocycles. The Kier molecular flexibility index (Phi) is 2.59. The summed E-state index contributed by atoms with van der Waals surface area (Å²) in [6.45, 7) is 14.0. The monoisotopic (exact) mass is 238 g/mol. The van der Waals surface area contributed by atoms with Crippen LogP contribution in [0.5, 0.6) is 0 Å². The van der Waals surface area contributed by atoms with Gasteiger partial charge in [-0.1, -0.05) is 0 Å². The highest BCUT2D eigenvalue weighted by Crippen LogP contribution is 2.42. The second-order valence-corrected chi connectivity index (χ2v) is 7.32. The van der Waals surface area contributed by atoms with Crippen LogP contribution in [0.1, 0.15) is 34.1 Å². The van der Waals surface area contributed by atoms with Gasteiger partial charge in [0.2, 0.25) is 0 Å². The molecule has 3 nitrogen and oxygen atoms in total. The number of rotatable bonds is 1. The first-order valence-corrected chi connectivity index (χ1v) is 7.02. The molecule has 0 aromatic carbocycles. The van der Waals surface area contributed by atoms with Gasteiger partial charge in [-0.15, -0.1) is 0 Å². The molecule has 3 aliphatic rings. The molecule has 1 unspecified atom stereocenters. The Balaban J connectivity index is 1.73. The number of nitrogens with zero attached hydrogens (tertiary/aromatic N) is 1. The smallest absolute Gasteiger partial charge is 0.0789 e. The van der Waals surface area contributed by atoms with E-state index in [0.717, 1.165) is 11.8 Å². The van der Waals surface area contributed by atoms with Crippen molar-refractivity contribution in [1.82, 2.24) is 10.2 Å². The zero-order valence-electron chi connectivity index (χ0n) is 11.6. The number of nitrogens with one attached hydrogen (secondary N) is 1. The Bertz CT molecular complexity index is 301. The van der Waals surface area contributed by atoms with E-state index in [1.807, 2.05) is 0 Å². The van der Waals surface area contributed by atoms with Crippen molar-refractivity contribution in [3.63, 3.8) is 0 Å². The first-order chi connectivity index (χ1) is 7.87. The molecule has 3 rings (SSSR count). The van der Waals surface area contributed by atoms with Gasteiger partial charge < -0.3 is 10.1 Å². The van der Waals surface area contributed by atoms with E-state index in [0.29, 0.717) is 6.04 Å². The number of hydrogen-bond acceptors (Lipinski definition) is 3. The quantitative estimate of drug-likeness (QED) is 0.749. The van der Waals surface area contributed by atoms with Gasteiger partial charge in [0, 0.05) is 19.1 Å². The molecular formula is C14H26N2O. The highest BCUT2D eigenvalue weighted by molar-refractivity contribution is 5.04. The number of ether oxygens (including phenoxy) is 1. The van der Waals surface area contributed by atoms with E-state index in [2.05, 4.69) is 37.9 Å². The zero-order valence-corrected chi connectivity index (χ0v) is 11.6. The van der Waals surface area contributed by atoms with Crippen LogP contribution in [0.3, 0.4) is 0 Å². The summed E-state index contributed by atoms with van der Waals surface area (Å²) in [5.41, 5.74) is 0.0552. The van der Waals surface area contributed by atoms with Crippen molar-refractivity contribution in [2.75, 3.05) is 26.2 Å². The maximum Gasteiger partial charge on any atom is 0.0789 e. The number of fused-ring (bicyclic) bond motifs is 1. The molecule has 98 valence electrons. The first-order valence-electron chi connectivity index (χ1n) is 7.02. The Morgan fingerprint density at radius 2 is 1.65 bits per heavy atom. The van der Waals surface area contributed by atoms with E-state index in [4.69, 9.17) is 4.74 Å². The standard InChI is InChI=1S/C14H26N2O/c1-13(2)5-12(14(3,4)17-13)16-8-10-6-15-7-11(10)9-16/h10-12,15H,5-9H2,1-4H3/t10-,11+,12?. The van der Waals surface area contributed by atoms with Crippen molar-refractivity contribution in [3.05, 3.63) is 0 Å². The lowest BCUT2D eigenvalue weighted by Gasteiger charge is -2.34. The molecule has 0 spiro atoms. The van der Waals surface area contributed by atoms with Gasteiger partial charge in [0.15, 0.2) is 0 Å². The van der Waals surface area contributed by atoms with Gasteiger partial charge in [-0.25, -0.2) is 0 Å². The van der Waals surface area contributed by atoms with Crippen molar-refractivity contribution in [1.29, 1.82) is 0 Å². The van der Waals surface area contributed by atoms with Gasteiger partial charge in [0.25, 0.3) is 0 Å². The summed E-state index contributed by atoms with van der Waals surface area (Å²) < 4.78 is 6.23. The zero-order chi connectivity index (χ0) is 12.3. The van der Waals surface area contributed by atoms with Crippen LogP contribution in [0.2, 0.25) is 0 Å². The summed E-state index contributed by atoms with van der Waals surface area (Å²) in [6, 6.07) is 0.600. The van der Waals surface area contributed by atoms with E-state index < -0.39 is 0 Å². The van der Waals surface area contributed by atoms with Gasteiger partial charge in [-0.2, -0.15) is 0 Å². The average Bonchev–Trinajstić information content (AvgIpc) is 2.74. The fraction of sp³-hybridized carbons (Fsp3) is 1.00. The molecule has 0 aromatic rings. The Hall–Kier alpha value is -0.120. The topological polar surface area (TPSA) is 24.5 Å². The van der Waals surface area contributed by atoms with Gasteiger partial charge in [-0.3, -0.25) is 4.90 Å². The summed E-state index contributed by atoms with van der Waals surface area (Å²) in [7, 11) is 0. The highest BCUT2D eigenvalue weighted by Gasteiger charge is 2.51. The van der Waals surface area contributed by atoms with Crippen LogP contribution in [-0.4, -0.2) is 48.3 Å². The Labute approximate surface area is 105 Å². The minimum atomic E-state index is 0.00949. The number of hydrogen-bond donors (Lipinski definition) is 1. The van der Waals surface area contributed by atoms with Gasteiger partial charge in [-0.05, 0) is 59.0 Å². The molecule has 0 aliphatic carbocycles. The molecule has 3 saturated heterocycles. The number of likely N-dealkylation sites (tertiary alicyclic amines) is 1.